The Morgan fingerprint density at radius 1 is 1.30 bits per heavy atom. The molecule has 0 fully saturated rings. The lowest BCUT2D eigenvalue weighted by Crippen LogP contribution is -2.40. The van der Waals surface area contributed by atoms with Gasteiger partial charge < -0.3 is 10.6 Å². The van der Waals surface area contributed by atoms with E-state index in [1.807, 2.05) is 12.4 Å². The molecule has 124 valence electrons. The Bertz CT molecular complexity index is 661. The molecule has 0 unspecified atom stereocenters. The minimum atomic E-state index is -0.0699. The van der Waals surface area contributed by atoms with Crippen molar-refractivity contribution in [3.8, 4) is 10.6 Å². The molecular weight excluding hydrogens is 306 g/mol. The molecule has 0 bridgehead atoms. The lowest BCUT2D eigenvalue weighted by molar-refractivity contribution is -0.130. The fourth-order valence-electron chi connectivity index (χ4n) is 2.30. The summed E-state index contributed by atoms with van der Waals surface area (Å²) < 4.78 is 0. The van der Waals surface area contributed by atoms with Crippen LogP contribution < -0.4 is 5.73 Å². The Morgan fingerprint density at radius 3 is 2.57 bits per heavy atom. The Kier molecular flexibility index (Phi) is 5.55. The molecule has 2 rings (SSSR count). The number of rotatable bonds is 6. The van der Waals surface area contributed by atoms with Gasteiger partial charge in [-0.25, -0.2) is 4.98 Å². The van der Waals surface area contributed by atoms with Crippen molar-refractivity contribution in [2.45, 2.75) is 27.2 Å². The molecule has 23 heavy (non-hydrogen) atoms. The molecule has 1 aromatic heterocycles. The minimum Gasteiger partial charge on any atom is -0.345 e. The van der Waals surface area contributed by atoms with E-state index in [2.05, 4.69) is 50.0 Å². The van der Waals surface area contributed by atoms with Gasteiger partial charge in [-0.1, -0.05) is 43.7 Å². The van der Waals surface area contributed by atoms with Crippen LogP contribution in [0.5, 0.6) is 0 Å². The highest BCUT2D eigenvalue weighted by Gasteiger charge is 2.21. The van der Waals surface area contributed by atoms with Crippen LogP contribution in [0.4, 0.5) is 0 Å². The van der Waals surface area contributed by atoms with E-state index in [9.17, 15) is 4.79 Å². The van der Waals surface area contributed by atoms with Crippen LogP contribution in [0.1, 0.15) is 25.1 Å². The molecule has 2 N–H and O–H groups in total. The van der Waals surface area contributed by atoms with Gasteiger partial charge in [0.05, 0.1) is 12.1 Å². The number of aryl methyl sites for hydroxylation is 1. The number of likely N-dealkylation sites (N-methyl/N-ethyl adjacent to an activating group) is 1. The average Bonchev–Trinajstić information content (AvgIpc) is 2.96. The minimum absolute atomic E-state index is 0.0699. The van der Waals surface area contributed by atoms with Gasteiger partial charge in [0.2, 0.25) is 5.91 Å². The number of carbonyl (C=O) groups is 1. The summed E-state index contributed by atoms with van der Waals surface area (Å²) in [6.07, 6.45) is 0.333. The van der Waals surface area contributed by atoms with E-state index in [-0.39, 0.29) is 11.3 Å². The fourth-order valence-corrected chi connectivity index (χ4v) is 3.13. The lowest BCUT2D eigenvalue weighted by Gasteiger charge is -2.28. The monoisotopic (exact) mass is 331 g/mol. The van der Waals surface area contributed by atoms with E-state index in [1.54, 1.807) is 16.2 Å². The molecule has 0 aliphatic carbocycles. The van der Waals surface area contributed by atoms with Gasteiger partial charge >= 0.3 is 0 Å². The van der Waals surface area contributed by atoms with E-state index in [0.29, 0.717) is 19.5 Å². The largest absolute Gasteiger partial charge is 0.345 e. The summed E-state index contributed by atoms with van der Waals surface area (Å²) in [6, 6.07) is 8.28. The van der Waals surface area contributed by atoms with Crippen LogP contribution in [0.3, 0.4) is 0 Å². The number of carbonyl (C=O) groups excluding carboxylic acids is 1. The molecule has 0 radical (unpaired) electrons. The second kappa shape index (κ2) is 7.23. The number of hydrogen-bond donors (Lipinski definition) is 1. The molecule has 0 aliphatic heterocycles. The van der Waals surface area contributed by atoms with Gasteiger partial charge in [-0.15, -0.1) is 11.3 Å². The van der Waals surface area contributed by atoms with Crippen molar-refractivity contribution in [3.05, 3.63) is 40.9 Å². The molecule has 0 spiro atoms. The molecule has 0 aliphatic rings. The van der Waals surface area contributed by atoms with Gasteiger partial charge in [-0.3, -0.25) is 4.79 Å². The lowest BCUT2D eigenvalue weighted by atomic mass is 9.93. The zero-order chi connectivity index (χ0) is 17.0. The molecule has 5 heteroatoms. The van der Waals surface area contributed by atoms with Gasteiger partial charge in [-0.05, 0) is 18.9 Å². The summed E-state index contributed by atoms with van der Waals surface area (Å²) in [7, 11) is 1.83. The molecule has 1 amide bonds. The third kappa shape index (κ3) is 4.88. The van der Waals surface area contributed by atoms with Crippen LogP contribution in [-0.4, -0.2) is 35.9 Å². The number of thiazole rings is 1. The molecule has 0 saturated heterocycles. The zero-order valence-corrected chi connectivity index (χ0v) is 15.1. The predicted octanol–water partition coefficient (Wildman–Crippen LogP) is 3.10. The predicted molar refractivity (Wildman–Crippen MR) is 96.5 cm³/mol. The summed E-state index contributed by atoms with van der Waals surface area (Å²) in [5.74, 6) is 0.0762. The second-order valence-corrected chi connectivity index (χ2v) is 7.66. The summed E-state index contributed by atoms with van der Waals surface area (Å²) in [5, 5.41) is 2.92. The maximum Gasteiger partial charge on any atom is 0.228 e. The van der Waals surface area contributed by atoms with Gasteiger partial charge in [0.15, 0.2) is 0 Å². The number of aromatic nitrogens is 1. The van der Waals surface area contributed by atoms with Gasteiger partial charge in [0.1, 0.15) is 5.01 Å². The van der Waals surface area contributed by atoms with E-state index in [0.717, 1.165) is 16.3 Å². The topological polar surface area (TPSA) is 59.2 Å². The average molecular weight is 331 g/mol. The van der Waals surface area contributed by atoms with Crippen molar-refractivity contribution in [3.63, 3.8) is 0 Å². The van der Waals surface area contributed by atoms with Crippen LogP contribution >= 0.6 is 11.3 Å². The first kappa shape index (κ1) is 17.6. The van der Waals surface area contributed by atoms with Gasteiger partial charge in [-0.2, -0.15) is 0 Å². The van der Waals surface area contributed by atoms with Crippen molar-refractivity contribution in [1.29, 1.82) is 0 Å². The van der Waals surface area contributed by atoms with E-state index in [4.69, 9.17) is 5.73 Å². The zero-order valence-electron chi connectivity index (χ0n) is 14.3. The number of nitrogens with two attached hydrogens (primary N) is 1. The highest BCUT2D eigenvalue weighted by molar-refractivity contribution is 7.13. The Balaban J connectivity index is 2.01. The second-order valence-electron chi connectivity index (χ2n) is 6.80. The SMILES string of the molecule is Cc1ccc(-c2nc(CC(=O)N(C)CC(C)(C)CN)cs2)cc1. The van der Waals surface area contributed by atoms with Crippen molar-refractivity contribution in [2.24, 2.45) is 11.1 Å². The maximum absolute atomic E-state index is 12.3. The highest BCUT2D eigenvalue weighted by atomic mass is 32.1. The quantitative estimate of drug-likeness (QED) is 0.885. The molecule has 1 heterocycles. The van der Waals surface area contributed by atoms with E-state index >= 15 is 0 Å². The number of benzene rings is 1. The summed E-state index contributed by atoms with van der Waals surface area (Å²) in [6.45, 7) is 7.40. The number of hydrogen-bond acceptors (Lipinski definition) is 4. The van der Waals surface area contributed by atoms with Crippen LogP contribution in [-0.2, 0) is 11.2 Å². The summed E-state index contributed by atoms with van der Waals surface area (Å²) in [5.41, 5.74) is 8.82. The Hall–Kier alpha value is -1.72. The first-order chi connectivity index (χ1) is 10.8. The van der Waals surface area contributed by atoms with Crippen LogP contribution in [0, 0.1) is 12.3 Å². The smallest absolute Gasteiger partial charge is 0.228 e. The fraction of sp³-hybridized carbons (Fsp3) is 0.444. The molecule has 0 saturated carbocycles. The number of amides is 1. The standard InChI is InChI=1S/C18H25N3OS/c1-13-5-7-14(8-6-13)17-20-15(10-23-17)9-16(22)21(4)12-18(2,3)11-19/h5-8,10H,9,11-12,19H2,1-4H3. The van der Waals surface area contributed by atoms with Crippen LogP contribution in [0.25, 0.3) is 10.6 Å². The first-order valence-corrected chi connectivity index (χ1v) is 8.64. The number of nitrogens with zero attached hydrogens (tertiary/aromatic N) is 2. The maximum atomic E-state index is 12.3. The molecule has 4 nitrogen and oxygen atoms in total. The van der Waals surface area contributed by atoms with Crippen molar-refractivity contribution in [1.82, 2.24) is 9.88 Å². The summed E-state index contributed by atoms with van der Waals surface area (Å²) in [4.78, 5) is 18.7. The normalized spacial score (nSPS) is 11.5. The van der Waals surface area contributed by atoms with E-state index in [1.165, 1.54) is 5.56 Å². The van der Waals surface area contributed by atoms with Crippen molar-refractivity contribution < 1.29 is 4.79 Å². The Morgan fingerprint density at radius 2 is 1.96 bits per heavy atom. The first-order valence-electron chi connectivity index (χ1n) is 7.76. The van der Waals surface area contributed by atoms with Gasteiger partial charge in [0.25, 0.3) is 0 Å². The van der Waals surface area contributed by atoms with Crippen molar-refractivity contribution in [2.75, 3.05) is 20.1 Å². The third-order valence-electron chi connectivity index (χ3n) is 3.83. The van der Waals surface area contributed by atoms with Crippen LogP contribution in [0.2, 0.25) is 0 Å². The molecule has 2 aromatic rings. The Labute approximate surface area is 142 Å². The van der Waals surface area contributed by atoms with Gasteiger partial charge in [0, 0.05) is 24.5 Å². The highest BCUT2D eigenvalue weighted by Crippen LogP contribution is 2.24. The third-order valence-corrected chi connectivity index (χ3v) is 4.77. The molecule has 1 aromatic carbocycles. The van der Waals surface area contributed by atoms with E-state index < -0.39 is 0 Å². The van der Waals surface area contributed by atoms with Crippen molar-refractivity contribution >= 4 is 17.2 Å². The molecular formula is C18H25N3OS. The molecule has 0 atom stereocenters. The van der Waals surface area contributed by atoms with Crippen LogP contribution in [0.15, 0.2) is 29.6 Å². The summed E-state index contributed by atoms with van der Waals surface area (Å²) >= 11 is 1.58.